The van der Waals surface area contributed by atoms with Gasteiger partial charge >= 0.3 is 0 Å². The number of hydrogen-bond donors (Lipinski definition) is 1. The van der Waals surface area contributed by atoms with Crippen LogP contribution in [0.1, 0.15) is 27.4 Å². The number of nitrogens with one attached hydrogen (secondary N) is 1. The molecule has 0 spiro atoms. The summed E-state index contributed by atoms with van der Waals surface area (Å²) in [4.78, 5) is 17.4. The summed E-state index contributed by atoms with van der Waals surface area (Å²) >= 11 is 6.07. The molecule has 2 aromatic carbocycles. The smallest absolute Gasteiger partial charge is 0.290 e. The van der Waals surface area contributed by atoms with Gasteiger partial charge in [0.1, 0.15) is 17.0 Å². The topological polar surface area (TPSA) is 76.6 Å². The number of aromatic nitrogens is 4. The quantitative estimate of drug-likeness (QED) is 0.284. The van der Waals surface area contributed by atoms with E-state index < -0.39 is 0 Å². The molecule has 0 bridgehead atoms. The minimum atomic E-state index is -0.347. The van der Waals surface area contributed by atoms with Gasteiger partial charge in [-0.05, 0) is 61.4 Å². The molecule has 1 N–H and O–H groups in total. The van der Waals surface area contributed by atoms with Gasteiger partial charge in [-0.3, -0.25) is 9.20 Å². The second-order valence-electron chi connectivity index (χ2n) is 7.89. The van der Waals surface area contributed by atoms with Gasteiger partial charge in [0.2, 0.25) is 0 Å². The molecule has 5 aromatic rings. The molecule has 7 nitrogen and oxygen atoms in total. The van der Waals surface area contributed by atoms with Crippen LogP contribution in [-0.2, 0) is 0 Å². The molecule has 1 amide bonds. The highest BCUT2D eigenvalue weighted by Gasteiger charge is 2.16. The van der Waals surface area contributed by atoms with E-state index in [-0.39, 0.29) is 5.91 Å². The van der Waals surface area contributed by atoms with E-state index in [4.69, 9.17) is 11.6 Å². The summed E-state index contributed by atoms with van der Waals surface area (Å²) in [7, 11) is 0. The van der Waals surface area contributed by atoms with E-state index in [0.29, 0.717) is 22.1 Å². The molecule has 0 aliphatic carbocycles. The number of para-hydroxylation sites is 1. The molecule has 0 fully saturated rings. The number of nitrogens with zero attached hydrogens (tertiary/aromatic N) is 5. The second kappa shape index (κ2) is 8.96. The Balaban J connectivity index is 1.46. The van der Waals surface area contributed by atoms with Crippen molar-refractivity contribution in [1.29, 1.82) is 0 Å². The summed E-state index contributed by atoms with van der Waals surface area (Å²) in [6.45, 7) is 3.79. The monoisotopic (exact) mass is 468 g/mol. The molecule has 168 valence electrons. The molecule has 0 saturated heterocycles. The number of hydrogen-bond acceptors (Lipinski definition) is 4. The first-order valence-electron chi connectivity index (χ1n) is 10.7. The average molecular weight is 469 g/mol. The molecule has 0 radical (unpaired) electrons. The first-order chi connectivity index (χ1) is 16.5. The Morgan fingerprint density at radius 3 is 2.59 bits per heavy atom. The minimum Gasteiger partial charge on any atom is -0.295 e. The predicted octanol–water partition coefficient (Wildman–Crippen LogP) is 5.22. The Bertz CT molecular complexity index is 1520. The number of rotatable bonds is 5. The largest absolute Gasteiger partial charge is 0.295 e. The zero-order valence-corrected chi connectivity index (χ0v) is 19.4. The summed E-state index contributed by atoms with van der Waals surface area (Å²) in [6.07, 6.45) is 5.31. The summed E-state index contributed by atoms with van der Waals surface area (Å²) in [5, 5.41) is 9.54. The van der Waals surface area contributed by atoms with Crippen molar-refractivity contribution in [3.8, 4) is 16.8 Å². The summed E-state index contributed by atoms with van der Waals surface area (Å²) in [5.74, 6) is -0.347. The zero-order valence-electron chi connectivity index (χ0n) is 18.6. The fraction of sp³-hybridized carbons (Fsp3) is 0.0769. The Labute approximate surface area is 201 Å². The van der Waals surface area contributed by atoms with Crippen molar-refractivity contribution in [2.24, 2.45) is 5.10 Å². The van der Waals surface area contributed by atoms with Gasteiger partial charge in [0.05, 0.1) is 17.6 Å². The van der Waals surface area contributed by atoms with Crippen molar-refractivity contribution in [2.45, 2.75) is 13.8 Å². The van der Waals surface area contributed by atoms with Crippen LogP contribution in [0, 0.1) is 13.8 Å². The molecule has 3 aromatic heterocycles. The number of hydrazone groups is 1. The van der Waals surface area contributed by atoms with Crippen molar-refractivity contribution in [2.75, 3.05) is 0 Å². The zero-order chi connectivity index (χ0) is 23.7. The maximum absolute atomic E-state index is 12.9. The molecule has 5 rings (SSSR count). The van der Waals surface area contributed by atoms with E-state index >= 15 is 0 Å². The highest BCUT2D eigenvalue weighted by molar-refractivity contribution is 6.30. The summed E-state index contributed by atoms with van der Waals surface area (Å²) in [6, 6.07) is 21.2. The number of halogens is 1. The van der Waals surface area contributed by atoms with Gasteiger partial charge in [-0.25, -0.2) is 15.1 Å². The van der Waals surface area contributed by atoms with Gasteiger partial charge in [-0.2, -0.15) is 10.2 Å². The van der Waals surface area contributed by atoms with Crippen LogP contribution >= 0.6 is 11.6 Å². The molecule has 0 unspecified atom stereocenters. The van der Waals surface area contributed by atoms with Crippen molar-refractivity contribution in [3.63, 3.8) is 0 Å². The van der Waals surface area contributed by atoms with E-state index in [1.807, 2.05) is 86.0 Å². The highest BCUT2D eigenvalue weighted by atomic mass is 35.5. The van der Waals surface area contributed by atoms with Crippen LogP contribution in [0.3, 0.4) is 0 Å². The molecule has 3 heterocycles. The lowest BCUT2D eigenvalue weighted by molar-refractivity contribution is 0.0948. The Kier molecular flexibility index (Phi) is 5.69. The number of imidazole rings is 1. The van der Waals surface area contributed by atoms with Gasteiger partial charge in [-0.15, -0.1) is 0 Å². The number of aryl methyl sites for hydroxylation is 2. The normalized spacial score (nSPS) is 11.4. The number of carbonyl (C=O) groups excluding carboxylic acids is 1. The molecule has 0 saturated carbocycles. The average Bonchev–Trinajstić information content (AvgIpc) is 3.40. The van der Waals surface area contributed by atoms with Crippen LogP contribution in [0.5, 0.6) is 0 Å². The third-order valence-electron chi connectivity index (χ3n) is 5.44. The lowest BCUT2D eigenvalue weighted by Gasteiger charge is -2.02. The molecule has 0 aliphatic heterocycles. The van der Waals surface area contributed by atoms with E-state index in [9.17, 15) is 4.79 Å². The van der Waals surface area contributed by atoms with Crippen LogP contribution in [0.4, 0.5) is 0 Å². The number of amides is 1. The molecule has 0 atom stereocenters. The highest BCUT2D eigenvalue weighted by Crippen LogP contribution is 2.25. The van der Waals surface area contributed by atoms with Crippen LogP contribution in [0.25, 0.3) is 22.5 Å². The predicted molar refractivity (Wildman–Crippen MR) is 134 cm³/mol. The Morgan fingerprint density at radius 1 is 1.06 bits per heavy atom. The number of pyridine rings is 1. The molecular weight excluding hydrogens is 448 g/mol. The van der Waals surface area contributed by atoms with Gasteiger partial charge in [-0.1, -0.05) is 41.9 Å². The third-order valence-corrected chi connectivity index (χ3v) is 5.69. The van der Waals surface area contributed by atoms with Crippen LogP contribution in [0.2, 0.25) is 5.02 Å². The van der Waals surface area contributed by atoms with Crippen molar-refractivity contribution in [1.82, 2.24) is 24.6 Å². The van der Waals surface area contributed by atoms with Gasteiger partial charge < -0.3 is 0 Å². The lowest BCUT2D eigenvalue weighted by atomic mass is 10.1. The van der Waals surface area contributed by atoms with Gasteiger partial charge in [0.15, 0.2) is 0 Å². The Morgan fingerprint density at radius 2 is 1.82 bits per heavy atom. The van der Waals surface area contributed by atoms with E-state index in [1.54, 1.807) is 22.2 Å². The van der Waals surface area contributed by atoms with E-state index in [0.717, 1.165) is 28.0 Å². The number of fused-ring (bicyclic) bond motifs is 1. The SMILES string of the molecule is Cc1ccn2c(C(=O)N/N=C/c3nn(-c4ccccc4)cc3-c3ccc(Cl)cc3)c(C)nc2c1. The fourth-order valence-electron chi connectivity index (χ4n) is 3.79. The third kappa shape index (κ3) is 4.21. The molecule has 0 aliphatic rings. The molecular formula is C26H21ClN6O. The van der Waals surface area contributed by atoms with Crippen molar-refractivity contribution in [3.05, 3.63) is 107 Å². The summed E-state index contributed by atoms with van der Waals surface area (Å²) in [5.41, 5.74) is 8.81. The van der Waals surface area contributed by atoms with E-state index in [2.05, 4.69) is 20.6 Å². The van der Waals surface area contributed by atoms with Crippen LogP contribution < -0.4 is 5.43 Å². The molecule has 34 heavy (non-hydrogen) atoms. The van der Waals surface area contributed by atoms with Gasteiger partial charge in [0, 0.05) is 23.0 Å². The number of carbonyl (C=O) groups is 1. The summed E-state index contributed by atoms with van der Waals surface area (Å²) < 4.78 is 3.54. The number of benzene rings is 2. The van der Waals surface area contributed by atoms with E-state index in [1.165, 1.54) is 0 Å². The lowest BCUT2D eigenvalue weighted by Crippen LogP contribution is -2.20. The molecule has 8 heteroatoms. The fourth-order valence-corrected chi connectivity index (χ4v) is 3.92. The standard InChI is InChI=1S/C26H21ClN6O/c1-17-12-13-32-24(14-17)29-18(2)25(32)26(34)30-28-15-23-22(19-8-10-20(27)11-9-19)16-33(31-23)21-6-4-3-5-7-21/h3-16H,1-2H3,(H,30,34)/b28-15+. The van der Waals surface area contributed by atoms with Crippen LogP contribution in [0.15, 0.2) is 84.2 Å². The van der Waals surface area contributed by atoms with Crippen LogP contribution in [-0.4, -0.2) is 31.3 Å². The first-order valence-corrected chi connectivity index (χ1v) is 11.1. The maximum Gasteiger partial charge on any atom is 0.290 e. The minimum absolute atomic E-state index is 0.347. The van der Waals surface area contributed by atoms with Crippen molar-refractivity contribution < 1.29 is 4.79 Å². The maximum atomic E-state index is 12.9. The first kappa shape index (κ1) is 21.6. The van der Waals surface area contributed by atoms with Crippen molar-refractivity contribution >= 4 is 29.4 Å². The Hall–Kier alpha value is -4.23. The second-order valence-corrected chi connectivity index (χ2v) is 8.33. The van der Waals surface area contributed by atoms with Gasteiger partial charge in [0.25, 0.3) is 5.91 Å².